The Kier molecular flexibility index (Phi) is 4.39. The van der Waals surface area contributed by atoms with Crippen LogP contribution in [0, 0.1) is 6.92 Å². The van der Waals surface area contributed by atoms with E-state index in [0.29, 0.717) is 23.5 Å². The van der Waals surface area contributed by atoms with Gasteiger partial charge in [0, 0.05) is 5.69 Å². The molecule has 1 aromatic heterocycles. The first-order valence-electron chi connectivity index (χ1n) is 8.37. The van der Waals surface area contributed by atoms with Gasteiger partial charge in [-0.3, -0.25) is 4.79 Å². The lowest BCUT2D eigenvalue weighted by Gasteiger charge is -2.07. The lowest BCUT2D eigenvalue weighted by atomic mass is 9.79. The third-order valence-electron chi connectivity index (χ3n) is 4.49. The molecule has 4 rings (SSSR count). The molecule has 136 valence electrons. The van der Waals surface area contributed by atoms with Crippen LogP contribution >= 0.6 is 0 Å². The van der Waals surface area contributed by atoms with Gasteiger partial charge in [0.05, 0.1) is 25.1 Å². The molecule has 0 saturated heterocycles. The summed E-state index contributed by atoms with van der Waals surface area (Å²) >= 11 is 0. The molecule has 2 heterocycles. The van der Waals surface area contributed by atoms with Crippen molar-refractivity contribution in [3.05, 3.63) is 59.4 Å². The molecule has 27 heavy (non-hydrogen) atoms. The van der Waals surface area contributed by atoms with Crippen LogP contribution in [0.1, 0.15) is 21.7 Å². The molecule has 0 spiro atoms. The quantitative estimate of drug-likeness (QED) is 0.672. The monoisotopic (exact) mass is 364 g/mol. The van der Waals surface area contributed by atoms with E-state index in [1.165, 1.54) is 0 Å². The van der Waals surface area contributed by atoms with E-state index >= 15 is 0 Å². The molecule has 9 heteroatoms. The highest BCUT2D eigenvalue weighted by Gasteiger charge is 2.27. The Morgan fingerprint density at radius 1 is 1.30 bits per heavy atom. The zero-order valence-electron chi connectivity index (χ0n) is 14.8. The second-order valence-corrected chi connectivity index (χ2v) is 6.16. The van der Waals surface area contributed by atoms with Crippen LogP contribution in [0.2, 0.25) is 0 Å². The number of hydrogen-bond donors (Lipinski definition) is 2. The first kappa shape index (κ1) is 17.3. The number of fused-ring (bicyclic) bond motifs is 1. The molecule has 0 aliphatic carbocycles. The standard InChI is InChI=1S/C18H17BN4O4/c1-11-17(21-22-23(11)14-5-7-15(26-2)8-6-14)18(24)20-13-4-3-12-10-27-19(25)16(12)9-13/h3-9,25H,10H2,1-2H3,(H,20,24). The molecule has 0 atom stereocenters. The summed E-state index contributed by atoms with van der Waals surface area (Å²) in [5, 5.41) is 20.7. The number of benzene rings is 2. The summed E-state index contributed by atoms with van der Waals surface area (Å²) in [5.74, 6) is 0.359. The SMILES string of the molecule is COc1ccc(-n2nnc(C(=O)Nc3ccc4c(c3)B(O)OC4)c2C)cc1. The minimum atomic E-state index is -0.963. The van der Waals surface area contributed by atoms with Gasteiger partial charge in [-0.15, -0.1) is 5.10 Å². The van der Waals surface area contributed by atoms with Gasteiger partial charge in [0.25, 0.3) is 5.91 Å². The van der Waals surface area contributed by atoms with Crippen molar-refractivity contribution in [2.75, 3.05) is 12.4 Å². The molecule has 0 fully saturated rings. The second kappa shape index (κ2) is 6.86. The fourth-order valence-electron chi connectivity index (χ4n) is 2.99. The van der Waals surface area contributed by atoms with Crippen molar-refractivity contribution in [2.24, 2.45) is 0 Å². The Hall–Kier alpha value is -3.17. The molecule has 0 radical (unpaired) electrons. The lowest BCUT2D eigenvalue weighted by molar-refractivity contribution is 0.102. The normalized spacial score (nSPS) is 12.8. The minimum Gasteiger partial charge on any atom is -0.497 e. The summed E-state index contributed by atoms with van der Waals surface area (Å²) in [5.41, 5.74) is 3.73. The summed E-state index contributed by atoms with van der Waals surface area (Å²) in [4.78, 5) is 12.6. The average Bonchev–Trinajstić information content (AvgIpc) is 3.25. The van der Waals surface area contributed by atoms with Gasteiger partial charge in [0.15, 0.2) is 5.69 Å². The van der Waals surface area contributed by atoms with Crippen LogP contribution in [0.4, 0.5) is 5.69 Å². The van der Waals surface area contributed by atoms with Crippen LogP contribution < -0.4 is 15.5 Å². The second-order valence-electron chi connectivity index (χ2n) is 6.16. The van der Waals surface area contributed by atoms with Gasteiger partial charge in [0.2, 0.25) is 0 Å². The maximum Gasteiger partial charge on any atom is 0.491 e. The zero-order valence-corrected chi connectivity index (χ0v) is 14.8. The number of hydrogen-bond acceptors (Lipinski definition) is 6. The predicted molar refractivity (Wildman–Crippen MR) is 99.4 cm³/mol. The van der Waals surface area contributed by atoms with E-state index in [4.69, 9.17) is 9.39 Å². The van der Waals surface area contributed by atoms with E-state index in [0.717, 1.165) is 17.0 Å². The third kappa shape index (κ3) is 3.18. The van der Waals surface area contributed by atoms with Crippen molar-refractivity contribution in [3.8, 4) is 11.4 Å². The average molecular weight is 364 g/mol. The van der Waals surface area contributed by atoms with Crippen molar-refractivity contribution in [2.45, 2.75) is 13.5 Å². The molecule has 8 nitrogen and oxygen atoms in total. The molecule has 3 aromatic rings. The van der Waals surface area contributed by atoms with Crippen molar-refractivity contribution < 1.29 is 19.2 Å². The lowest BCUT2D eigenvalue weighted by Crippen LogP contribution is -2.28. The number of methoxy groups -OCH3 is 1. The number of anilines is 1. The van der Waals surface area contributed by atoms with E-state index in [9.17, 15) is 9.82 Å². The Bertz CT molecular complexity index is 1000. The summed E-state index contributed by atoms with van der Waals surface area (Å²) in [6.45, 7) is 2.14. The van der Waals surface area contributed by atoms with Crippen molar-refractivity contribution in [1.82, 2.24) is 15.0 Å². The number of aromatic nitrogens is 3. The van der Waals surface area contributed by atoms with E-state index in [-0.39, 0.29) is 11.6 Å². The molecule has 0 bridgehead atoms. The Labute approximate surface area is 155 Å². The highest BCUT2D eigenvalue weighted by Crippen LogP contribution is 2.18. The van der Waals surface area contributed by atoms with E-state index in [1.54, 1.807) is 30.8 Å². The van der Waals surface area contributed by atoms with Gasteiger partial charge < -0.3 is 19.7 Å². The summed E-state index contributed by atoms with van der Waals surface area (Å²) in [6, 6.07) is 12.6. The van der Waals surface area contributed by atoms with E-state index in [1.807, 2.05) is 30.3 Å². The largest absolute Gasteiger partial charge is 0.497 e. The number of carbonyl (C=O) groups is 1. The molecular formula is C18H17BN4O4. The molecule has 2 N–H and O–H groups in total. The van der Waals surface area contributed by atoms with Crippen LogP contribution in [0.15, 0.2) is 42.5 Å². The van der Waals surface area contributed by atoms with Crippen LogP contribution in [0.3, 0.4) is 0 Å². The third-order valence-corrected chi connectivity index (χ3v) is 4.49. The summed E-state index contributed by atoms with van der Waals surface area (Å²) < 4.78 is 11.9. The number of amides is 1. The van der Waals surface area contributed by atoms with Gasteiger partial charge in [-0.05, 0) is 54.3 Å². The van der Waals surface area contributed by atoms with Crippen LogP contribution in [-0.2, 0) is 11.3 Å². The molecule has 1 amide bonds. The highest BCUT2D eigenvalue weighted by molar-refractivity contribution is 6.61. The van der Waals surface area contributed by atoms with Crippen molar-refractivity contribution >= 4 is 24.2 Å². The smallest absolute Gasteiger partial charge is 0.491 e. The van der Waals surface area contributed by atoms with Crippen LogP contribution in [0.25, 0.3) is 5.69 Å². The molecule has 2 aromatic carbocycles. The maximum absolute atomic E-state index is 12.6. The first-order valence-corrected chi connectivity index (χ1v) is 8.37. The van der Waals surface area contributed by atoms with Gasteiger partial charge in [-0.25, -0.2) is 4.68 Å². The minimum absolute atomic E-state index is 0.225. The number of ether oxygens (including phenoxy) is 1. The fraction of sp³-hybridized carbons (Fsp3) is 0.167. The molecule has 0 unspecified atom stereocenters. The van der Waals surface area contributed by atoms with Gasteiger partial charge in [0.1, 0.15) is 5.75 Å². The summed E-state index contributed by atoms with van der Waals surface area (Å²) in [6.07, 6.45) is 0. The Morgan fingerprint density at radius 3 is 2.81 bits per heavy atom. The summed E-state index contributed by atoms with van der Waals surface area (Å²) in [7, 11) is 0.636. The number of carbonyl (C=O) groups excluding carboxylic acids is 1. The number of nitrogens with one attached hydrogen (secondary N) is 1. The predicted octanol–water partition coefficient (Wildman–Crippen LogP) is 1.05. The van der Waals surface area contributed by atoms with E-state index in [2.05, 4.69) is 15.6 Å². The topological polar surface area (TPSA) is 98.5 Å². The molecular weight excluding hydrogens is 347 g/mol. The fourth-order valence-corrected chi connectivity index (χ4v) is 2.99. The van der Waals surface area contributed by atoms with E-state index < -0.39 is 7.12 Å². The maximum atomic E-state index is 12.6. The first-order chi connectivity index (χ1) is 13.1. The van der Waals surface area contributed by atoms with Crippen molar-refractivity contribution in [1.29, 1.82) is 0 Å². The van der Waals surface area contributed by atoms with Crippen molar-refractivity contribution in [3.63, 3.8) is 0 Å². The van der Waals surface area contributed by atoms with Gasteiger partial charge >= 0.3 is 7.12 Å². The number of nitrogens with zero attached hydrogens (tertiary/aromatic N) is 3. The van der Waals surface area contributed by atoms with Gasteiger partial charge in [-0.1, -0.05) is 11.3 Å². The zero-order chi connectivity index (χ0) is 19.0. The molecule has 1 aliphatic rings. The van der Waals surface area contributed by atoms with Gasteiger partial charge in [-0.2, -0.15) is 0 Å². The Morgan fingerprint density at radius 2 is 2.07 bits per heavy atom. The molecule has 0 saturated carbocycles. The Balaban J connectivity index is 1.56. The molecule has 1 aliphatic heterocycles. The highest BCUT2D eigenvalue weighted by atomic mass is 16.5. The van der Waals surface area contributed by atoms with Crippen LogP contribution in [0.5, 0.6) is 5.75 Å². The number of rotatable bonds is 4. The van der Waals surface area contributed by atoms with Crippen LogP contribution in [-0.4, -0.2) is 40.2 Å².